The molecule has 0 unspecified atom stereocenters. The molecule has 0 atom stereocenters. The molecule has 0 aliphatic heterocycles. The van der Waals surface area contributed by atoms with Gasteiger partial charge in [0, 0.05) is 102 Å². The lowest BCUT2D eigenvalue weighted by Crippen LogP contribution is -1.93. The largest absolute Gasteiger partial charge is 0.256 e. The number of pyridine rings is 8. The molecule has 0 saturated heterocycles. The molecule has 0 spiro atoms. The van der Waals surface area contributed by atoms with Gasteiger partial charge in [-0.1, -0.05) is 353 Å². The third kappa shape index (κ3) is 15.9. The molecule has 0 bridgehead atoms. The molecule has 8 nitrogen and oxygen atoms in total. The highest BCUT2D eigenvalue weighted by Gasteiger charge is 2.20. The first kappa shape index (κ1) is 79.4. The molecule has 0 fully saturated rings. The Morgan fingerprint density at radius 3 is 1.13 bits per heavy atom. The monoisotopic (exact) mass is 1670 g/mol. The molecule has 17 aromatic carbocycles. The molecular weight excluding hydrogens is 1590 g/mol. The average molecular weight is 1670 g/mol. The van der Waals surface area contributed by atoms with E-state index in [-0.39, 0.29) is 7.43 Å². The first-order valence-electron chi connectivity index (χ1n) is 43.9. The van der Waals surface area contributed by atoms with E-state index in [2.05, 4.69) is 427 Å². The molecule has 25 rings (SSSR count). The zero-order valence-corrected chi connectivity index (χ0v) is 70.6. The van der Waals surface area contributed by atoms with E-state index in [1.165, 1.54) is 54.4 Å². The van der Waals surface area contributed by atoms with Crippen LogP contribution in [0, 0.1) is 0 Å². The molecule has 0 aliphatic carbocycles. The lowest BCUT2D eigenvalue weighted by molar-refractivity contribution is 1.32. The Balaban J connectivity index is 0.000000116. The van der Waals surface area contributed by atoms with Crippen LogP contribution in [0.2, 0.25) is 0 Å². The number of aromatic nitrogens is 8. The fraction of sp³-hybridized carbons (Fsp3) is 0.00813. The SMILES string of the molecule is C.c1ccc(-c2ccc(-c3cc(-c4cc(-c5ccccc5)nc(-c5ccccc5)c4)cc(-c4cc5ccccc5c5ccccc45)c3)nc2)cc1.c1ccc(-c2ccc3c(-c4ccc(-c5cccc6cccnc56)cc4)cc(-c4ccc5ccccc5c4)nc3c2)cc1.c1cnc2c(c1)ccc1ccc(-c3ccc4ccc(-c5ccc6ccc7cccnc7c6n5)cc4c3)nc12. The van der Waals surface area contributed by atoms with Crippen LogP contribution in [0.4, 0.5) is 0 Å². The zero-order chi connectivity index (χ0) is 86.2. The number of para-hydroxylation sites is 1. The van der Waals surface area contributed by atoms with E-state index in [0.717, 1.165) is 188 Å². The average Bonchev–Trinajstić information content (AvgIpc) is 0.753. The van der Waals surface area contributed by atoms with Gasteiger partial charge in [-0.3, -0.25) is 19.9 Å². The van der Waals surface area contributed by atoms with E-state index >= 15 is 0 Å². The minimum Gasteiger partial charge on any atom is -0.256 e. The maximum atomic E-state index is 5.22. The van der Waals surface area contributed by atoms with Gasteiger partial charge < -0.3 is 0 Å². The van der Waals surface area contributed by atoms with Gasteiger partial charge in [-0.05, 0) is 202 Å². The second-order valence-corrected chi connectivity index (χ2v) is 32.9. The van der Waals surface area contributed by atoms with Crippen LogP contribution in [-0.2, 0) is 0 Å². The van der Waals surface area contributed by atoms with E-state index in [0.29, 0.717) is 0 Å². The summed E-state index contributed by atoms with van der Waals surface area (Å²) in [5.41, 5.74) is 31.7. The smallest absolute Gasteiger partial charge is 0.0972 e. The molecule has 131 heavy (non-hydrogen) atoms. The number of benzene rings is 17. The minimum absolute atomic E-state index is 0. The molecule has 0 saturated carbocycles. The van der Waals surface area contributed by atoms with Crippen molar-refractivity contribution in [1.82, 2.24) is 39.9 Å². The van der Waals surface area contributed by atoms with Crippen LogP contribution in [0.25, 0.3) is 243 Å². The zero-order valence-electron chi connectivity index (χ0n) is 70.6. The van der Waals surface area contributed by atoms with Crippen LogP contribution in [-0.4, -0.2) is 39.9 Å². The highest BCUT2D eigenvalue weighted by molar-refractivity contribution is 6.15. The van der Waals surface area contributed by atoms with Crippen LogP contribution >= 0.6 is 0 Å². The van der Waals surface area contributed by atoms with Gasteiger partial charge in [0.05, 0.1) is 67.3 Å². The minimum atomic E-state index is 0. The third-order valence-corrected chi connectivity index (χ3v) is 24.9. The summed E-state index contributed by atoms with van der Waals surface area (Å²) < 4.78 is 0. The molecule has 8 heteroatoms. The number of hydrogen-bond acceptors (Lipinski definition) is 8. The molecule has 614 valence electrons. The van der Waals surface area contributed by atoms with Crippen molar-refractivity contribution in [3.63, 3.8) is 0 Å². The fourth-order valence-corrected chi connectivity index (χ4v) is 18.2. The van der Waals surface area contributed by atoms with Crippen LogP contribution < -0.4 is 0 Å². The predicted octanol–water partition coefficient (Wildman–Crippen LogP) is 32.4. The molecule has 25 aromatic rings. The molecule has 0 amide bonds. The predicted molar refractivity (Wildman–Crippen MR) is 549 cm³/mol. The Hall–Kier alpha value is -17.5. The first-order chi connectivity index (χ1) is 64.4. The van der Waals surface area contributed by atoms with E-state index in [4.69, 9.17) is 24.9 Å². The second kappa shape index (κ2) is 34.8. The van der Waals surface area contributed by atoms with Gasteiger partial charge in [0.1, 0.15) is 0 Å². The van der Waals surface area contributed by atoms with Crippen molar-refractivity contribution in [3.8, 4) is 134 Å². The summed E-state index contributed by atoms with van der Waals surface area (Å²) in [6.07, 6.45) is 7.50. The van der Waals surface area contributed by atoms with Gasteiger partial charge in [-0.25, -0.2) is 19.9 Å². The van der Waals surface area contributed by atoms with Gasteiger partial charge in [-0.15, -0.1) is 0 Å². The van der Waals surface area contributed by atoms with Gasteiger partial charge in [0.15, 0.2) is 0 Å². The Morgan fingerprint density at radius 1 is 0.137 bits per heavy atom. The third-order valence-electron chi connectivity index (χ3n) is 24.9. The summed E-state index contributed by atoms with van der Waals surface area (Å²) in [5, 5.41) is 16.4. The summed E-state index contributed by atoms with van der Waals surface area (Å²) in [6.45, 7) is 0. The molecule has 8 aromatic heterocycles. The lowest BCUT2D eigenvalue weighted by Gasteiger charge is -2.16. The number of hydrogen-bond donors (Lipinski definition) is 0. The van der Waals surface area contributed by atoms with Gasteiger partial charge in [0.2, 0.25) is 0 Å². The summed E-state index contributed by atoms with van der Waals surface area (Å²) in [4.78, 5) is 39.4. The maximum Gasteiger partial charge on any atom is 0.0972 e. The van der Waals surface area contributed by atoms with Crippen molar-refractivity contribution in [2.24, 2.45) is 0 Å². The Labute approximate surface area is 758 Å². The van der Waals surface area contributed by atoms with Crippen LogP contribution in [0.15, 0.2) is 474 Å². The van der Waals surface area contributed by atoms with Crippen molar-refractivity contribution in [2.45, 2.75) is 7.43 Å². The normalized spacial score (nSPS) is 11.3. The topological polar surface area (TPSA) is 103 Å². The summed E-state index contributed by atoms with van der Waals surface area (Å²) >= 11 is 0. The van der Waals surface area contributed by atoms with E-state index in [9.17, 15) is 0 Å². The van der Waals surface area contributed by atoms with Crippen molar-refractivity contribution in [2.75, 3.05) is 0 Å². The molecule has 8 heterocycles. The Bertz CT molecular complexity index is 8430. The van der Waals surface area contributed by atoms with E-state index < -0.39 is 0 Å². The van der Waals surface area contributed by atoms with Crippen LogP contribution in [0.5, 0.6) is 0 Å². The second-order valence-electron chi connectivity index (χ2n) is 32.9. The highest BCUT2D eigenvalue weighted by Crippen LogP contribution is 2.44. The van der Waals surface area contributed by atoms with E-state index in [1.54, 1.807) is 0 Å². The van der Waals surface area contributed by atoms with Crippen molar-refractivity contribution < 1.29 is 0 Å². The summed E-state index contributed by atoms with van der Waals surface area (Å²) in [6, 6.07) is 158. The molecule has 0 aliphatic rings. The van der Waals surface area contributed by atoms with Gasteiger partial charge in [0.25, 0.3) is 0 Å². The van der Waals surface area contributed by atoms with Crippen molar-refractivity contribution in [3.05, 3.63) is 474 Å². The standard InChI is InChI=1S/C48H32N2.C40H26N2.C34H20N4.CH4/c1-4-14-33(15-5-1)37-24-25-46(49-32-37)41-27-38(26-40(28-41)45-29-36-20-10-11-21-42(36)43-22-12-13-23-44(43)45)39-30-47(34-16-6-2-7-17-34)50-48(31-39)35-18-8-3-9-19-35;1-2-8-27(9-3-1)33-21-22-36-37(26-38(42-39(36)25-33)34-20-15-28-10-4-5-11-32(28)24-34)30-18-16-29(17-19-30)35-14-6-12-31-13-7-23-41-40(31)35;1-3-22-7-9-24-13-15-29(37-33(24)31(22)35-17-1)26-11-5-21-6-12-27(20-28(21)19-26)30-16-14-25-10-8-23-4-2-18-36-32(23)34(25)38-30;/h1-32H;1-26H;1-20H;1H4. The fourth-order valence-electron chi connectivity index (χ4n) is 18.2. The first-order valence-corrected chi connectivity index (χ1v) is 43.9. The van der Waals surface area contributed by atoms with Crippen molar-refractivity contribution >= 4 is 109 Å². The quantitative estimate of drug-likeness (QED) is 0.111. The molecular formula is C123H82N8. The van der Waals surface area contributed by atoms with Gasteiger partial charge >= 0.3 is 0 Å². The Morgan fingerprint density at radius 2 is 0.534 bits per heavy atom. The van der Waals surface area contributed by atoms with Gasteiger partial charge in [-0.2, -0.15) is 0 Å². The van der Waals surface area contributed by atoms with E-state index in [1.807, 2.05) is 61.2 Å². The lowest BCUT2D eigenvalue weighted by atomic mass is 9.89. The molecule has 0 radical (unpaired) electrons. The summed E-state index contributed by atoms with van der Waals surface area (Å²) in [7, 11) is 0. The number of fused-ring (bicyclic) bond motifs is 13. The Kier molecular flexibility index (Phi) is 21.1. The van der Waals surface area contributed by atoms with Crippen molar-refractivity contribution in [1.29, 1.82) is 0 Å². The number of rotatable bonds is 12. The summed E-state index contributed by atoms with van der Waals surface area (Å²) in [5.74, 6) is 0. The highest BCUT2D eigenvalue weighted by atomic mass is 14.8. The number of nitrogens with zero attached hydrogens (tertiary/aromatic N) is 8. The van der Waals surface area contributed by atoms with Crippen LogP contribution in [0.1, 0.15) is 7.43 Å². The maximum absolute atomic E-state index is 5.22. The molecule has 0 N–H and O–H groups in total. The van der Waals surface area contributed by atoms with Crippen LogP contribution in [0.3, 0.4) is 0 Å².